The number of nitrogens with zero attached hydrogens (tertiary/aromatic N) is 1. The van der Waals surface area contributed by atoms with Gasteiger partial charge in [0, 0.05) is 7.05 Å². The first kappa shape index (κ1) is 13.8. The maximum atomic E-state index is 3.67. The Labute approximate surface area is 127 Å². The monoisotopic (exact) mass is 281 g/mol. The van der Waals surface area contributed by atoms with Gasteiger partial charge in [-0.15, -0.1) is 0 Å². The van der Waals surface area contributed by atoms with Gasteiger partial charge in [-0.3, -0.25) is 0 Å². The van der Waals surface area contributed by atoms with Crippen LogP contribution in [0.15, 0.2) is 42.5 Å². The highest BCUT2D eigenvalue weighted by Crippen LogP contribution is 2.45. The molecule has 0 fully saturated rings. The molecule has 0 amide bonds. The molecule has 3 heteroatoms. The van der Waals surface area contributed by atoms with E-state index in [9.17, 15) is 0 Å². The van der Waals surface area contributed by atoms with E-state index in [0.29, 0.717) is 6.17 Å². The van der Waals surface area contributed by atoms with Crippen LogP contribution in [-0.4, -0.2) is 13.2 Å². The Bertz CT molecular complexity index is 636. The molecule has 0 aliphatic carbocycles. The Morgan fingerprint density at radius 2 is 1.95 bits per heavy atom. The second-order valence-corrected chi connectivity index (χ2v) is 5.56. The first-order valence-corrected chi connectivity index (χ1v) is 7.68. The van der Waals surface area contributed by atoms with Crippen LogP contribution in [0, 0.1) is 6.92 Å². The molecular formula is C18H23N3. The van der Waals surface area contributed by atoms with Gasteiger partial charge in [-0.1, -0.05) is 37.6 Å². The number of hydrogen-bond acceptors (Lipinski definition) is 3. The van der Waals surface area contributed by atoms with Gasteiger partial charge in [0.2, 0.25) is 0 Å². The standard InChI is InChI=1S/C18H23N3/c1-4-8-17-20-15-11-7-9-13(2)18(15)21(17)16-12-6-5-10-14(16)19-3/h5-7,9-12,17,19-20H,4,8H2,1-3H3. The van der Waals surface area contributed by atoms with Crippen LogP contribution in [-0.2, 0) is 0 Å². The maximum absolute atomic E-state index is 3.67. The maximum Gasteiger partial charge on any atom is 0.104 e. The molecule has 1 atom stereocenters. The van der Waals surface area contributed by atoms with E-state index < -0.39 is 0 Å². The van der Waals surface area contributed by atoms with Gasteiger partial charge >= 0.3 is 0 Å². The fourth-order valence-corrected chi connectivity index (χ4v) is 3.15. The average molecular weight is 281 g/mol. The fourth-order valence-electron chi connectivity index (χ4n) is 3.15. The van der Waals surface area contributed by atoms with E-state index in [2.05, 4.69) is 71.8 Å². The molecule has 0 radical (unpaired) electrons. The second kappa shape index (κ2) is 5.68. The van der Waals surface area contributed by atoms with E-state index in [1.54, 1.807) is 0 Å². The Morgan fingerprint density at radius 3 is 2.71 bits per heavy atom. The van der Waals surface area contributed by atoms with Crippen molar-refractivity contribution in [2.24, 2.45) is 0 Å². The summed E-state index contributed by atoms with van der Waals surface area (Å²) in [6, 6.07) is 15.0. The highest BCUT2D eigenvalue weighted by molar-refractivity contribution is 5.88. The quantitative estimate of drug-likeness (QED) is 0.848. The van der Waals surface area contributed by atoms with Gasteiger partial charge in [0.25, 0.3) is 0 Å². The molecule has 21 heavy (non-hydrogen) atoms. The topological polar surface area (TPSA) is 27.3 Å². The molecule has 2 N–H and O–H groups in total. The lowest BCUT2D eigenvalue weighted by atomic mass is 10.1. The highest BCUT2D eigenvalue weighted by Gasteiger charge is 2.31. The summed E-state index contributed by atoms with van der Waals surface area (Å²) in [5.41, 5.74) is 6.25. The minimum Gasteiger partial charge on any atom is -0.386 e. The Kier molecular flexibility index (Phi) is 3.74. The summed E-state index contributed by atoms with van der Waals surface area (Å²) < 4.78 is 0. The summed E-state index contributed by atoms with van der Waals surface area (Å²) in [7, 11) is 1.98. The third-order valence-electron chi connectivity index (χ3n) is 4.11. The predicted octanol–water partition coefficient (Wildman–Crippen LogP) is 4.73. The number of para-hydroxylation sites is 3. The van der Waals surface area contributed by atoms with Crippen molar-refractivity contribution in [2.45, 2.75) is 32.9 Å². The van der Waals surface area contributed by atoms with Crippen molar-refractivity contribution in [2.75, 3.05) is 22.6 Å². The summed E-state index contributed by atoms with van der Waals surface area (Å²) >= 11 is 0. The summed E-state index contributed by atoms with van der Waals surface area (Å²) in [5, 5.41) is 6.99. The van der Waals surface area contributed by atoms with Crippen LogP contribution in [0.3, 0.4) is 0 Å². The van der Waals surface area contributed by atoms with Crippen LogP contribution in [0.5, 0.6) is 0 Å². The molecule has 1 aliphatic rings. The minimum absolute atomic E-state index is 0.320. The third-order valence-corrected chi connectivity index (χ3v) is 4.11. The van der Waals surface area contributed by atoms with Crippen molar-refractivity contribution < 1.29 is 0 Å². The van der Waals surface area contributed by atoms with Crippen LogP contribution >= 0.6 is 0 Å². The Balaban J connectivity index is 2.13. The number of fused-ring (bicyclic) bond motifs is 1. The summed E-state index contributed by atoms with van der Waals surface area (Å²) in [6.07, 6.45) is 2.59. The first-order chi connectivity index (χ1) is 10.3. The van der Waals surface area contributed by atoms with Gasteiger partial charge in [0.1, 0.15) is 6.17 Å². The van der Waals surface area contributed by atoms with E-state index in [1.807, 2.05) is 7.05 Å². The molecular weight excluding hydrogens is 258 g/mol. The van der Waals surface area contributed by atoms with E-state index in [0.717, 1.165) is 18.5 Å². The SMILES string of the molecule is CCCC1Nc2cccc(C)c2N1c1ccccc1NC. The van der Waals surface area contributed by atoms with Gasteiger partial charge in [0.05, 0.1) is 22.7 Å². The molecule has 0 saturated heterocycles. The average Bonchev–Trinajstić information content (AvgIpc) is 2.87. The lowest BCUT2D eigenvalue weighted by Crippen LogP contribution is -2.32. The van der Waals surface area contributed by atoms with Crippen LogP contribution in [0.4, 0.5) is 22.7 Å². The van der Waals surface area contributed by atoms with Crippen molar-refractivity contribution in [1.82, 2.24) is 0 Å². The van der Waals surface area contributed by atoms with Crippen LogP contribution in [0.25, 0.3) is 0 Å². The molecule has 1 unspecified atom stereocenters. The molecule has 2 aromatic rings. The van der Waals surface area contributed by atoms with Gasteiger partial charge in [0.15, 0.2) is 0 Å². The number of hydrogen-bond donors (Lipinski definition) is 2. The van der Waals surface area contributed by atoms with Gasteiger partial charge in [-0.2, -0.15) is 0 Å². The van der Waals surface area contributed by atoms with Gasteiger partial charge < -0.3 is 15.5 Å². The third kappa shape index (κ3) is 2.33. The lowest BCUT2D eigenvalue weighted by Gasteiger charge is -2.29. The fraction of sp³-hybridized carbons (Fsp3) is 0.333. The molecule has 110 valence electrons. The normalized spacial score (nSPS) is 16.5. The molecule has 3 nitrogen and oxygen atoms in total. The molecule has 0 spiro atoms. The first-order valence-electron chi connectivity index (χ1n) is 7.68. The molecule has 1 heterocycles. The highest BCUT2D eigenvalue weighted by atomic mass is 15.3. The van der Waals surface area contributed by atoms with Crippen molar-refractivity contribution >= 4 is 22.7 Å². The summed E-state index contributed by atoms with van der Waals surface area (Å²) in [6.45, 7) is 4.42. The summed E-state index contributed by atoms with van der Waals surface area (Å²) in [4.78, 5) is 2.44. The van der Waals surface area contributed by atoms with E-state index in [4.69, 9.17) is 0 Å². The number of benzene rings is 2. The van der Waals surface area contributed by atoms with Gasteiger partial charge in [-0.05, 0) is 37.1 Å². The molecule has 0 aromatic heterocycles. The number of aryl methyl sites for hydroxylation is 1. The zero-order valence-corrected chi connectivity index (χ0v) is 13.0. The largest absolute Gasteiger partial charge is 0.386 e. The molecule has 1 aliphatic heterocycles. The van der Waals surface area contributed by atoms with Crippen molar-refractivity contribution in [3.63, 3.8) is 0 Å². The second-order valence-electron chi connectivity index (χ2n) is 5.56. The van der Waals surface area contributed by atoms with E-state index >= 15 is 0 Å². The van der Waals surface area contributed by atoms with Crippen LogP contribution < -0.4 is 15.5 Å². The van der Waals surface area contributed by atoms with Crippen molar-refractivity contribution in [1.29, 1.82) is 0 Å². The molecule has 2 aromatic carbocycles. The van der Waals surface area contributed by atoms with E-state index in [1.165, 1.54) is 22.6 Å². The van der Waals surface area contributed by atoms with Crippen molar-refractivity contribution in [3.8, 4) is 0 Å². The Morgan fingerprint density at radius 1 is 1.14 bits per heavy atom. The predicted molar refractivity (Wildman–Crippen MR) is 91.6 cm³/mol. The smallest absolute Gasteiger partial charge is 0.104 e. The van der Waals surface area contributed by atoms with Crippen molar-refractivity contribution in [3.05, 3.63) is 48.0 Å². The Hall–Kier alpha value is -2.16. The van der Waals surface area contributed by atoms with Gasteiger partial charge in [-0.25, -0.2) is 0 Å². The number of anilines is 4. The van der Waals surface area contributed by atoms with Crippen LogP contribution in [0.2, 0.25) is 0 Å². The minimum atomic E-state index is 0.320. The zero-order chi connectivity index (χ0) is 14.8. The van der Waals surface area contributed by atoms with E-state index in [-0.39, 0.29) is 0 Å². The zero-order valence-electron chi connectivity index (χ0n) is 13.0. The number of rotatable bonds is 4. The molecule has 0 bridgehead atoms. The number of nitrogens with one attached hydrogen (secondary N) is 2. The lowest BCUT2D eigenvalue weighted by molar-refractivity contribution is 0.665. The molecule has 3 rings (SSSR count). The summed E-state index contributed by atoms with van der Waals surface area (Å²) in [5.74, 6) is 0. The molecule has 0 saturated carbocycles. The van der Waals surface area contributed by atoms with Crippen LogP contribution in [0.1, 0.15) is 25.3 Å².